The molecular formula is C19H19N3OS. The van der Waals surface area contributed by atoms with E-state index in [1.54, 1.807) is 23.7 Å². The van der Waals surface area contributed by atoms with Crippen LogP contribution in [0.5, 0.6) is 0 Å². The first-order valence-electron chi connectivity index (χ1n) is 7.77. The van der Waals surface area contributed by atoms with Crippen LogP contribution in [0.4, 0.5) is 0 Å². The van der Waals surface area contributed by atoms with Gasteiger partial charge in [0.2, 0.25) is 0 Å². The molecule has 4 nitrogen and oxygen atoms in total. The zero-order valence-electron chi connectivity index (χ0n) is 14.0. The summed E-state index contributed by atoms with van der Waals surface area (Å²) < 4.78 is 0. The molecule has 122 valence electrons. The molecule has 0 aliphatic rings. The predicted molar refractivity (Wildman–Crippen MR) is 97.2 cm³/mol. The highest BCUT2D eigenvalue weighted by atomic mass is 32.1. The van der Waals surface area contributed by atoms with E-state index in [1.165, 1.54) is 0 Å². The molecule has 1 aromatic carbocycles. The molecule has 1 N–H and O–H groups in total. The van der Waals surface area contributed by atoms with E-state index in [0.717, 1.165) is 37.8 Å². The van der Waals surface area contributed by atoms with Crippen LogP contribution in [0.3, 0.4) is 0 Å². The molecule has 24 heavy (non-hydrogen) atoms. The number of nitrogens with zero attached hydrogens (tertiary/aromatic N) is 2. The minimum absolute atomic E-state index is 0.0526. The van der Waals surface area contributed by atoms with Crippen molar-refractivity contribution in [2.24, 2.45) is 0 Å². The molecular weight excluding hydrogens is 318 g/mol. The molecule has 0 aliphatic heterocycles. The first kappa shape index (κ1) is 16.3. The second kappa shape index (κ2) is 6.93. The summed E-state index contributed by atoms with van der Waals surface area (Å²) >= 11 is 1.59. The third-order valence-electron chi connectivity index (χ3n) is 3.84. The summed E-state index contributed by atoms with van der Waals surface area (Å²) in [5.74, 6) is -0.0526. The van der Waals surface area contributed by atoms with Crippen LogP contribution < -0.4 is 5.32 Å². The minimum atomic E-state index is -0.0526. The van der Waals surface area contributed by atoms with Crippen molar-refractivity contribution < 1.29 is 4.79 Å². The fourth-order valence-corrected chi connectivity index (χ4v) is 3.52. The second-order valence-corrected chi connectivity index (χ2v) is 6.85. The Kier molecular flexibility index (Phi) is 4.71. The molecule has 0 radical (unpaired) electrons. The molecule has 3 aromatic rings. The predicted octanol–water partition coefficient (Wildman–Crippen LogP) is 4.06. The quantitative estimate of drug-likeness (QED) is 0.781. The molecule has 0 unspecified atom stereocenters. The van der Waals surface area contributed by atoms with Crippen LogP contribution in [0.2, 0.25) is 0 Å². The van der Waals surface area contributed by atoms with Crippen LogP contribution in [0.25, 0.3) is 10.6 Å². The van der Waals surface area contributed by atoms with Gasteiger partial charge in [-0.1, -0.05) is 17.7 Å². The lowest BCUT2D eigenvalue weighted by atomic mass is 10.1. The SMILES string of the molecule is Cc1ccc(C(=O)NCc2sc(-c3cccnc3)nc2C)c(C)c1. The van der Waals surface area contributed by atoms with E-state index < -0.39 is 0 Å². The molecule has 0 spiro atoms. The third-order valence-corrected chi connectivity index (χ3v) is 5.04. The monoisotopic (exact) mass is 337 g/mol. The van der Waals surface area contributed by atoms with Crippen molar-refractivity contribution in [3.05, 3.63) is 70.0 Å². The normalized spacial score (nSPS) is 10.6. The highest BCUT2D eigenvalue weighted by Crippen LogP contribution is 2.27. The van der Waals surface area contributed by atoms with Crippen LogP contribution in [0, 0.1) is 20.8 Å². The first-order chi connectivity index (χ1) is 11.5. The van der Waals surface area contributed by atoms with E-state index in [4.69, 9.17) is 0 Å². The fourth-order valence-electron chi connectivity index (χ4n) is 2.53. The number of aryl methyl sites for hydroxylation is 3. The van der Waals surface area contributed by atoms with Crippen molar-refractivity contribution in [1.29, 1.82) is 0 Å². The zero-order chi connectivity index (χ0) is 17.1. The number of hydrogen-bond acceptors (Lipinski definition) is 4. The van der Waals surface area contributed by atoms with Gasteiger partial charge in [-0.15, -0.1) is 11.3 Å². The van der Waals surface area contributed by atoms with Crippen molar-refractivity contribution in [3.8, 4) is 10.6 Å². The summed E-state index contributed by atoms with van der Waals surface area (Å²) in [4.78, 5) is 22.2. The number of nitrogens with one attached hydrogen (secondary N) is 1. The number of hydrogen-bond donors (Lipinski definition) is 1. The van der Waals surface area contributed by atoms with Gasteiger partial charge in [0, 0.05) is 28.4 Å². The molecule has 1 amide bonds. The van der Waals surface area contributed by atoms with Crippen LogP contribution in [0.1, 0.15) is 32.1 Å². The van der Waals surface area contributed by atoms with E-state index in [9.17, 15) is 4.79 Å². The number of carbonyl (C=O) groups excluding carboxylic acids is 1. The molecule has 0 atom stereocenters. The van der Waals surface area contributed by atoms with Crippen molar-refractivity contribution >= 4 is 17.2 Å². The van der Waals surface area contributed by atoms with Gasteiger partial charge in [-0.2, -0.15) is 0 Å². The molecule has 5 heteroatoms. The van der Waals surface area contributed by atoms with Crippen LogP contribution in [-0.4, -0.2) is 15.9 Å². The van der Waals surface area contributed by atoms with E-state index in [0.29, 0.717) is 6.54 Å². The number of amides is 1. The van der Waals surface area contributed by atoms with Crippen molar-refractivity contribution in [2.75, 3.05) is 0 Å². The lowest BCUT2D eigenvalue weighted by Gasteiger charge is -2.07. The highest BCUT2D eigenvalue weighted by Gasteiger charge is 2.13. The number of benzene rings is 1. The summed E-state index contributed by atoms with van der Waals surface area (Å²) in [7, 11) is 0. The second-order valence-electron chi connectivity index (χ2n) is 5.77. The topological polar surface area (TPSA) is 54.9 Å². The Bertz CT molecular complexity index is 872. The molecule has 0 saturated heterocycles. The Morgan fingerprint density at radius 1 is 1.21 bits per heavy atom. The van der Waals surface area contributed by atoms with Gasteiger partial charge in [-0.05, 0) is 44.5 Å². The Morgan fingerprint density at radius 3 is 2.75 bits per heavy atom. The van der Waals surface area contributed by atoms with E-state index in [1.807, 2.05) is 51.1 Å². The minimum Gasteiger partial charge on any atom is -0.347 e. The third kappa shape index (κ3) is 3.51. The largest absolute Gasteiger partial charge is 0.347 e. The summed E-state index contributed by atoms with van der Waals surface area (Å²) in [5, 5.41) is 3.92. The average Bonchev–Trinajstić information content (AvgIpc) is 2.94. The lowest BCUT2D eigenvalue weighted by Crippen LogP contribution is -2.23. The number of thiazole rings is 1. The summed E-state index contributed by atoms with van der Waals surface area (Å²) in [6.07, 6.45) is 3.55. The lowest BCUT2D eigenvalue weighted by molar-refractivity contribution is 0.0950. The fraction of sp³-hybridized carbons (Fsp3) is 0.211. The van der Waals surface area contributed by atoms with Gasteiger partial charge in [0.15, 0.2) is 0 Å². The van der Waals surface area contributed by atoms with Gasteiger partial charge in [-0.25, -0.2) is 4.98 Å². The van der Waals surface area contributed by atoms with Crippen LogP contribution in [-0.2, 0) is 6.54 Å². The summed E-state index contributed by atoms with van der Waals surface area (Å²) in [5.41, 5.74) is 4.81. The van der Waals surface area contributed by atoms with Gasteiger partial charge in [0.1, 0.15) is 5.01 Å². The molecule has 0 fully saturated rings. The van der Waals surface area contributed by atoms with Crippen molar-refractivity contribution in [2.45, 2.75) is 27.3 Å². The van der Waals surface area contributed by atoms with E-state index >= 15 is 0 Å². The van der Waals surface area contributed by atoms with Crippen molar-refractivity contribution in [3.63, 3.8) is 0 Å². The average molecular weight is 337 g/mol. The maximum atomic E-state index is 12.4. The zero-order valence-corrected chi connectivity index (χ0v) is 14.8. The number of rotatable bonds is 4. The van der Waals surface area contributed by atoms with Gasteiger partial charge in [-0.3, -0.25) is 9.78 Å². The van der Waals surface area contributed by atoms with Gasteiger partial charge >= 0.3 is 0 Å². The number of pyridine rings is 1. The Morgan fingerprint density at radius 2 is 2.04 bits per heavy atom. The maximum absolute atomic E-state index is 12.4. The molecule has 0 bridgehead atoms. The molecule has 3 rings (SSSR count). The summed E-state index contributed by atoms with van der Waals surface area (Å²) in [6.45, 7) is 6.43. The van der Waals surface area contributed by atoms with Gasteiger partial charge < -0.3 is 5.32 Å². The van der Waals surface area contributed by atoms with E-state index in [2.05, 4.69) is 15.3 Å². The molecule has 0 saturated carbocycles. The van der Waals surface area contributed by atoms with E-state index in [-0.39, 0.29) is 5.91 Å². The van der Waals surface area contributed by atoms with Crippen LogP contribution >= 0.6 is 11.3 Å². The Hall–Kier alpha value is -2.53. The summed E-state index contributed by atoms with van der Waals surface area (Å²) in [6, 6.07) is 9.74. The Labute approximate surface area is 145 Å². The van der Waals surface area contributed by atoms with Crippen LogP contribution in [0.15, 0.2) is 42.7 Å². The number of aromatic nitrogens is 2. The maximum Gasteiger partial charge on any atom is 0.251 e. The highest BCUT2D eigenvalue weighted by molar-refractivity contribution is 7.15. The first-order valence-corrected chi connectivity index (χ1v) is 8.58. The van der Waals surface area contributed by atoms with Crippen molar-refractivity contribution in [1.82, 2.24) is 15.3 Å². The standard InChI is InChI=1S/C19H19N3OS/c1-12-6-7-16(13(2)9-12)18(23)21-11-17-14(3)22-19(24-17)15-5-4-8-20-10-15/h4-10H,11H2,1-3H3,(H,21,23). The van der Waals surface area contributed by atoms with Gasteiger partial charge in [0.25, 0.3) is 5.91 Å². The van der Waals surface area contributed by atoms with Gasteiger partial charge in [0.05, 0.1) is 12.2 Å². The molecule has 0 aliphatic carbocycles. The number of carbonyl (C=O) groups is 1. The molecule has 2 aromatic heterocycles. The molecule has 2 heterocycles. The smallest absolute Gasteiger partial charge is 0.251 e. The Balaban J connectivity index is 1.73.